The molecule has 5 nitrogen and oxygen atoms in total. The minimum atomic E-state index is -0.387. The maximum atomic E-state index is 11.1. The average Bonchev–Trinajstić information content (AvgIpc) is 2.63. The molecule has 66 valence electrons. The maximum absolute atomic E-state index is 11.1. The van der Waals surface area contributed by atoms with Crippen molar-refractivity contribution in [1.29, 1.82) is 0 Å². The highest BCUT2D eigenvalue weighted by Crippen LogP contribution is 2.24. The standard InChI is InChI=1S/C8H7N3O2/c1-13-8(12)6-2-5-4-10-11-7(5)9-3-6/h2-3H,4H2,1H3. The summed E-state index contributed by atoms with van der Waals surface area (Å²) in [6.07, 6.45) is 1.44. The Balaban J connectivity index is 2.38. The summed E-state index contributed by atoms with van der Waals surface area (Å²) in [5.41, 5.74) is 1.30. The SMILES string of the molecule is COC(=O)c1cnc2c(c1)CN=N2. The molecule has 13 heavy (non-hydrogen) atoms. The van der Waals surface area contributed by atoms with Crippen LogP contribution in [0.4, 0.5) is 5.82 Å². The number of ether oxygens (including phenoxy) is 1. The third-order valence-electron chi connectivity index (χ3n) is 1.77. The summed E-state index contributed by atoms with van der Waals surface area (Å²) < 4.78 is 4.56. The quantitative estimate of drug-likeness (QED) is 0.610. The lowest BCUT2D eigenvalue weighted by Crippen LogP contribution is -2.02. The molecule has 0 aliphatic carbocycles. The molecule has 2 heterocycles. The second-order valence-corrected chi connectivity index (χ2v) is 2.60. The second kappa shape index (κ2) is 2.93. The van der Waals surface area contributed by atoms with Crippen molar-refractivity contribution in [3.63, 3.8) is 0 Å². The number of carbonyl (C=O) groups is 1. The Hall–Kier alpha value is -1.78. The van der Waals surface area contributed by atoms with E-state index in [4.69, 9.17) is 0 Å². The van der Waals surface area contributed by atoms with Gasteiger partial charge in [-0.1, -0.05) is 0 Å². The van der Waals surface area contributed by atoms with Crippen LogP contribution in [-0.4, -0.2) is 18.1 Å². The van der Waals surface area contributed by atoms with E-state index in [0.29, 0.717) is 17.9 Å². The number of esters is 1. The van der Waals surface area contributed by atoms with Crippen molar-refractivity contribution in [2.45, 2.75) is 6.54 Å². The Morgan fingerprint density at radius 3 is 3.23 bits per heavy atom. The Morgan fingerprint density at radius 2 is 2.46 bits per heavy atom. The monoisotopic (exact) mass is 177 g/mol. The summed E-state index contributed by atoms with van der Waals surface area (Å²) in [6.45, 7) is 0.493. The Morgan fingerprint density at radius 1 is 1.62 bits per heavy atom. The van der Waals surface area contributed by atoms with E-state index in [0.717, 1.165) is 5.56 Å². The van der Waals surface area contributed by atoms with Gasteiger partial charge in [0.1, 0.15) is 0 Å². The molecule has 0 amide bonds. The highest BCUT2D eigenvalue weighted by atomic mass is 16.5. The van der Waals surface area contributed by atoms with Gasteiger partial charge in [-0.3, -0.25) is 0 Å². The molecule has 1 aliphatic rings. The van der Waals surface area contributed by atoms with E-state index < -0.39 is 0 Å². The highest BCUT2D eigenvalue weighted by molar-refractivity contribution is 5.89. The minimum Gasteiger partial charge on any atom is -0.465 e. The first-order valence-electron chi connectivity index (χ1n) is 3.76. The Kier molecular flexibility index (Phi) is 1.77. The molecule has 0 N–H and O–H groups in total. The lowest BCUT2D eigenvalue weighted by molar-refractivity contribution is 0.0600. The van der Waals surface area contributed by atoms with Crippen LogP contribution in [0, 0.1) is 0 Å². The fourth-order valence-corrected chi connectivity index (χ4v) is 1.12. The fourth-order valence-electron chi connectivity index (χ4n) is 1.12. The zero-order valence-corrected chi connectivity index (χ0v) is 7.02. The first kappa shape index (κ1) is 7.85. The average molecular weight is 177 g/mol. The molecule has 0 unspecified atom stereocenters. The molecule has 0 atom stereocenters. The van der Waals surface area contributed by atoms with Crippen molar-refractivity contribution in [1.82, 2.24) is 4.98 Å². The van der Waals surface area contributed by atoms with Crippen LogP contribution in [-0.2, 0) is 11.3 Å². The van der Waals surface area contributed by atoms with Gasteiger partial charge >= 0.3 is 5.97 Å². The zero-order chi connectivity index (χ0) is 9.26. The summed E-state index contributed by atoms with van der Waals surface area (Å²) in [6, 6.07) is 1.70. The van der Waals surface area contributed by atoms with Crippen LogP contribution in [0.5, 0.6) is 0 Å². The normalized spacial score (nSPS) is 12.7. The molecule has 0 bridgehead atoms. The third kappa shape index (κ3) is 1.28. The summed E-state index contributed by atoms with van der Waals surface area (Å²) in [5.74, 6) is 0.204. The summed E-state index contributed by atoms with van der Waals surface area (Å²) in [4.78, 5) is 15.1. The molecule has 0 saturated heterocycles. The topological polar surface area (TPSA) is 63.9 Å². The van der Waals surface area contributed by atoms with Gasteiger partial charge in [0.05, 0.1) is 19.2 Å². The lowest BCUT2D eigenvalue weighted by Gasteiger charge is -1.99. The number of hydrogen-bond donors (Lipinski definition) is 0. The van der Waals surface area contributed by atoms with Gasteiger partial charge in [-0.2, -0.15) is 5.11 Å². The van der Waals surface area contributed by atoms with Gasteiger partial charge in [-0.05, 0) is 6.07 Å². The van der Waals surface area contributed by atoms with Gasteiger partial charge in [-0.25, -0.2) is 9.78 Å². The zero-order valence-electron chi connectivity index (χ0n) is 7.02. The van der Waals surface area contributed by atoms with Crippen molar-refractivity contribution in [3.05, 3.63) is 23.4 Å². The summed E-state index contributed by atoms with van der Waals surface area (Å²) >= 11 is 0. The van der Waals surface area contributed by atoms with Crippen LogP contribution in [0.1, 0.15) is 15.9 Å². The third-order valence-corrected chi connectivity index (χ3v) is 1.77. The molecular formula is C8H7N3O2. The van der Waals surface area contributed by atoms with E-state index in [-0.39, 0.29) is 5.97 Å². The van der Waals surface area contributed by atoms with E-state index in [1.165, 1.54) is 13.3 Å². The number of nitrogens with zero attached hydrogens (tertiary/aromatic N) is 3. The van der Waals surface area contributed by atoms with Crippen LogP contribution >= 0.6 is 0 Å². The molecule has 0 spiro atoms. The van der Waals surface area contributed by atoms with Crippen molar-refractivity contribution < 1.29 is 9.53 Å². The largest absolute Gasteiger partial charge is 0.465 e. The molecule has 1 aromatic heterocycles. The number of methoxy groups -OCH3 is 1. The predicted molar refractivity (Wildman–Crippen MR) is 43.8 cm³/mol. The van der Waals surface area contributed by atoms with Gasteiger partial charge in [0.2, 0.25) is 0 Å². The molecule has 0 radical (unpaired) electrons. The smallest absolute Gasteiger partial charge is 0.339 e. The second-order valence-electron chi connectivity index (χ2n) is 2.60. The van der Waals surface area contributed by atoms with Gasteiger partial charge in [0.15, 0.2) is 5.82 Å². The molecule has 0 fully saturated rings. The van der Waals surface area contributed by atoms with Crippen LogP contribution in [0.2, 0.25) is 0 Å². The van der Waals surface area contributed by atoms with Crippen LogP contribution in [0.25, 0.3) is 0 Å². The fraction of sp³-hybridized carbons (Fsp3) is 0.250. The van der Waals surface area contributed by atoms with E-state index in [9.17, 15) is 4.79 Å². The molecule has 1 aliphatic heterocycles. The van der Waals surface area contributed by atoms with Gasteiger partial charge in [-0.15, -0.1) is 5.11 Å². The Bertz CT molecular complexity index is 387. The van der Waals surface area contributed by atoms with Crippen molar-refractivity contribution in [2.24, 2.45) is 10.2 Å². The number of carbonyl (C=O) groups excluding carboxylic acids is 1. The number of pyridine rings is 1. The molecule has 2 rings (SSSR count). The lowest BCUT2D eigenvalue weighted by atomic mass is 10.2. The van der Waals surface area contributed by atoms with Gasteiger partial charge in [0.25, 0.3) is 0 Å². The predicted octanol–water partition coefficient (Wildman–Crippen LogP) is 1.47. The molecule has 5 heteroatoms. The van der Waals surface area contributed by atoms with E-state index >= 15 is 0 Å². The van der Waals surface area contributed by atoms with E-state index in [1.54, 1.807) is 6.07 Å². The maximum Gasteiger partial charge on any atom is 0.339 e. The molecular weight excluding hydrogens is 170 g/mol. The molecule has 0 saturated carbocycles. The van der Waals surface area contributed by atoms with Crippen molar-refractivity contribution in [2.75, 3.05) is 7.11 Å². The van der Waals surface area contributed by atoms with Gasteiger partial charge in [0, 0.05) is 11.8 Å². The first-order chi connectivity index (χ1) is 6.31. The van der Waals surface area contributed by atoms with Crippen molar-refractivity contribution >= 4 is 11.8 Å². The highest BCUT2D eigenvalue weighted by Gasteiger charge is 2.13. The Labute approximate surface area is 74.5 Å². The number of aromatic nitrogens is 1. The summed E-state index contributed by atoms with van der Waals surface area (Å²) in [5, 5.41) is 7.58. The van der Waals surface area contributed by atoms with Crippen molar-refractivity contribution in [3.8, 4) is 0 Å². The first-order valence-corrected chi connectivity index (χ1v) is 3.76. The van der Waals surface area contributed by atoms with E-state index in [1.807, 2.05) is 0 Å². The minimum absolute atomic E-state index is 0.387. The van der Waals surface area contributed by atoms with Crippen LogP contribution in [0.3, 0.4) is 0 Å². The van der Waals surface area contributed by atoms with Crippen LogP contribution < -0.4 is 0 Å². The van der Waals surface area contributed by atoms with Crippen LogP contribution in [0.15, 0.2) is 22.5 Å². The molecule has 1 aromatic rings. The van der Waals surface area contributed by atoms with E-state index in [2.05, 4.69) is 19.9 Å². The summed E-state index contributed by atoms with van der Waals surface area (Å²) in [7, 11) is 1.34. The number of rotatable bonds is 1. The number of fused-ring (bicyclic) bond motifs is 1. The molecule has 0 aromatic carbocycles. The van der Waals surface area contributed by atoms with Gasteiger partial charge < -0.3 is 4.74 Å². The number of hydrogen-bond acceptors (Lipinski definition) is 5. The number of azo groups is 1.